The minimum Gasteiger partial charge on any atom is -0.355 e. The summed E-state index contributed by atoms with van der Waals surface area (Å²) in [6.07, 6.45) is 1.05. The van der Waals surface area contributed by atoms with Gasteiger partial charge in [0.05, 0.1) is 11.9 Å². The first-order valence-corrected chi connectivity index (χ1v) is 12.5. The molecule has 174 valence electrons. The molecule has 0 saturated carbocycles. The van der Waals surface area contributed by atoms with Crippen LogP contribution in [0.4, 0.5) is 5.69 Å². The van der Waals surface area contributed by atoms with Crippen LogP contribution in [0.5, 0.6) is 0 Å². The molecule has 0 heterocycles. The summed E-state index contributed by atoms with van der Waals surface area (Å²) in [5, 5.41) is 3.20. The van der Waals surface area contributed by atoms with Gasteiger partial charge in [-0.25, -0.2) is 8.42 Å². The average Bonchev–Trinajstić information content (AvgIpc) is 2.69. The van der Waals surface area contributed by atoms with Crippen molar-refractivity contribution in [2.24, 2.45) is 0 Å². The molecule has 2 aromatic rings. The Balaban J connectivity index is 2.42. The maximum absolute atomic E-state index is 13.4. The number of likely N-dealkylation sites (N-methyl/N-ethyl adjacent to an activating group) is 1. The molecule has 32 heavy (non-hydrogen) atoms. The molecule has 9 heteroatoms. The number of halogens is 1. The van der Waals surface area contributed by atoms with Crippen LogP contribution >= 0.6 is 11.6 Å². The van der Waals surface area contributed by atoms with Gasteiger partial charge in [-0.3, -0.25) is 13.9 Å². The topological polar surface area (TPSA) is 86.8 Å². The quantitative estimate of drug-likeness (QED) is 0.598. The Hall–Kier alpha value is -2.58. The van der Waals surface area contributed by atoms with Crippen LogP contribution in [-0.4, -0.2) is 50.5 Å². The molecular weight excluding hydrogens is 450 g/mol. The fraction of sp³-hybridized carbons (Fsp3) is 0.391. The summed E-state index contributed by atoms with van der Waals surface area (Å²) in [6.45, 7) is 7.27. The summed E-state index contributed by atoms with van der Waals surface area (Å²) in [6, 6.07) is 11.6. The minimum atomic E-state index is -3.78. The summed E-state index contributed by atoms with van der Waals surface area (Å²) in [5.74, 6) is -0.785. The Labute approximate surface area is 195 Å². The molecule has 0 unspecified atom stereocenters. The molecule has 0 bridgehead atoms. The standard InChI is InChI=1S/C23H30ClN3O4S/c1-6-25-23(29)18(4)26(14-19-9-7-8-16(2)12-19)22(28)15-27(32(5,30)31)21-11-10-20(24)13-17(21)3/h7-13,18H,6,14-15H2,1-5H3,(H,25,29)/t18-/m0/s1. The smallest absolute Gasteiger partial charge is 0.244 e. The van der Waals surface area contributed by atoms with E-state index < -0.39 is 28.5 Å². The number of anilines is 1. The molecule has 2 amide bonds. The highest BCUT2D eigenvalue weighted by atomic mass is 35.5. The summed E-state index contributed by atoms with van der Waals surface area (Å²) in [7, 11) is -3.78. The molecule has 0 aliphatic heterocycles. The van der Waals surface area contributed by atoms with E-state index >= 15 is 0 Å². The predicted molar refractivity (Wildman–Crippen MR) is 128 cm³/mol. The number of hydrogen-bond acceptors (Lipinski definition) is 4. The number of nitrogens with one attached hydrogen (secondary N) is 1. The molecular formula is C23H30ClN3O4S. The fourth-order valence-electron chi connectivity index (χ4n) is 3.41. The highest BCUT2D eigenvalue weighted by molar-refractivity contribution is 7.92. The number of benzene rings is 2. The van der Waals surface area contributed by atoms with Crippen LogP contribution in [0, 0.1) is 13.8 Å². The predicted octanol–water partition coefficient (Wildman–Crippen LogP) is 3.28. The van der Waals surface area contributed by atoms with Crippen molar-refractivity contribution in [3.63, 3.8) is 0 Å². The third-order valence-electron chi connectivity index (χ3n) is 5.06. The number of amides is 2. The lowest BCUT2D eigenvalue weighted by molar-refractivity contribution is -0.139. The molecule has 0 aromatic heterocycles. The maximum atomic E-state index is 13.4. The Morgan fingerprint density at radius 2 is 1.81 bits per heavy atom. The van der Waals surface area contributed by atoms with Crippen molar-refractivity contribution in [2.75, 3.05) is 23.7 Å². The van der Waals surface area contributed by atoms with E-state index in [-0.39, 0.29) is 12.5 Å². The molecule has 1 N–H and O–H groups in total. The second kappa shape index (κ2) is 10.8. The van der Waals surface area contributed by atoms with Crippen molar-refractivity contribution < 1.29 is 18.0 Å². The lowest BCUT2D eigenvalue weighted by atomic mass is 10.1. The van der Waals surface area contributed by atoms with Gasteiger partial charge >= 0.3 is 0 Å². The monoisotopic (exact) mass is 479 g/mol. The van der Waals surface area contributed by atoms with E-state index in [0.717, 1.165) is 21.7 Å². The van der Waals surface area contributed by atoms with E-state index in [1.165, 1.54) is 4.90 Å². The van der Waals surface area contributed by atoms with Crippen LogP contribution in [0.25, 0.3) is 0 Å². The second-order valence-electron chi connectivity index (χ2n) is 7.78. The first kappa shape index (κ1) is 25.7. The van der Waals surface area contributed by atoms with E-state index in [0.29, 0.717) is 22.8 Å². The summed E-state index contributed by atoms with van der Waals surface area (Å²) in [4.78, 5) is 27.3. The fourth-order valence-corrected chi connectivity index (χ4v) is 4.54. The van der Waals surface area contributed by atoms with Crippen LogP contribution in [0.2, 0.25) is 5.02 Å². The molecule has 0 aliphatic carbocycles. The number of sulfonamides is 1. The van der Waals surface area contributed by atoms with Crippen LogP contribution in [0.3, 0.4) is 0 Å². The van der Waals surface area contributed by atoms with E-state index in [4.69, 9.17) is 11.6 Å². The number of hydrogen-bond donors (Lipinski definition) is 1. The van der Waals surface area contributed by atoms with Crippen molar-refractivity contribution >= 4 is 39.1 Å². The molecule has 1 atom stereocenters. The molecule has 2 rings (SSSR count). The normalized spacial score (nSPS) is 12.2. The number of carbonyl (C=O) groups is 2. The molecule has 0 saturated heterocycles. The number of rotatable bonds is 9. The van der Waals surface area contributed by atoms with E-state index in [9.17, 15) is 18.0 Å². The molecule has 0 fully saturated rings. The van der Waals surface area contributed by atoms with Gasteiger partial charge in [0, 0.05) is 18.1 Å². The Bertz CT molecular complexity index is 1090. The van der Waals surface area contributed by atoms with Crippen molar-refractivity contribution in [1.29, 1.82) is 0 Å². The van der Waals surface area contributed by atoms with Crippen LogP contribution < -0.4 is 9.62 Å². The maximum Gasteiger partial charge on any atom is 0.244 e. The number of nitrogens with zero attached hydrogens (tertiary/aromatic N) is 2. The van der Waals surface area contributed by atoms with Crippen LogP contribution in [-0.2, 0) is 26.2 Å². The number of carbonyl (C=O) groups excluding carboxylic acids is 2. The molecule has 2 aromatic carbocycles. The first-order chi connectivity index (χ1) is 14.9. The molecule has 0 spiro atoms. The third kappa shape index (κ3) is 6.71. The van der Waals surface area contributed by atoms with E-state index in [2.05, 4.69) is 5.32 Å². The summed E-state index contributed by atoms with van der Waals surface area (Å²) < 4.78 is 26.2. The van der Waals surface area contributed by atoms with Gasteiger partial charge in [0.15, 0.2) is 0 Å². The minimum absolute atomic E-state index is 0.177. The Morgan fingerprint density at radius 3 is 2.38 bits per heavy atom. The molecule has 0 radical (unpaired) electrons. The zero-order valence-electron chi connectivity index (χ0n) is 19.1. The first-order valence-electron chi connectivity index (χ1n) is 10.3. The second-order valence-corrected chi connectivity index (χ2v) is 10.1. The SMILES string of the molecule is CCNC(=O)[C@H](C)N(Cc1cccc(C)c1)C(=O)CN(c1ccc(Cl)cc1C)S(C)(=O)=O. The lowest BCUT2D eigenvalue weighted by Gasteiger charge is -2.32. The Kier molecular flexibility index (Phi) is 8.69. The van der Waals surface area contributed by atoms with Crippen LogP contribution in [0.15, 0.2) is 42.5 Å². The van der Waals surface area contributed by atoms with Gasteiger partial charge < -0.3 is 10.2 Å². The van der Waals surface area contributed by atoms with Gasteiger partial charge in [-0.1, -0.05) is 41.4 Å². The summed E-state index contributed by atoms with van der Waals surface area (Å²) >= 11 is 6.01. The third-order valence-corrected chi connectivity index (χ3v) is 6.42. The van der Waals surface area contributed by atoms with Crippen molar-refractivity contribution in [1.82, 2.24) is 10.2 Å². The highest BCUT2D eigenvalue weighted by Crippen LogP contribution is 2.26. The lowest BCUT2D eigenvalue weighted by Crippen LogP contribution is -2.51. The van der Waals surface area contributed by atoms with Gasteiger partial charge in [0.1, 0.15) is 12.6 Å². The number of aryl methyl sites for hydroxylation is 2. The summed E-state index contributed by atoms with van der Waals surface area (Å²) in [5.41, 5.74) is 2.86. The highest BCUT2D eigenvalue weighted by Gasteiger charge is 2.30. The van der Waals surface area contributed by atoms with E-state index in [1.807, 2.05) is 31.2 Å². The largest absolute Gasteiger partial charge is 0.355 e. The van der Waals surface area contributed by atoms with Crippen molar-refractivity contribution in [3.05, 3.63) is 64.2 Å². The van der Waals surface area contributed by atoms with Crippen LogP contribution in [0.1, 0.15) is 30.5 Å². The van der Waals surface area contributed by atoms with Gasteiger partial charge in [-0.05, 0) is 57.0 Å². The molecule has 7 nitrogen and oxygen atoms in total. The van der Waals surface area contributed by atoms with E-state index in [1.54, 1.807) is 39.0 Å². The van der Waals surface area contributed by atoms with Gasteiger partial charge in [0.2, 0.25) is 21.8 Å². The zero-order chi connectivity index (χ0) is 24.1. The average molecular weight is 480 g/mol. The van der Waals surface area contributed by atoms with Crippen molar-refractivity contribution in [3.8, 4) is 0 Å². The van der Waals surface area contributed by atoms with Gasteiger partial charge in [0.25, 0.3) is 0 Å². The zero-order valence-corrected chi connectivity index (χ0v) is 20.6. The van der Waals surface area contributed by atoms with Crippen molar-refractivity contribution in [2.45, 2.75) is 40.3 Å². The molecule has 0 aliphatic rings. The van der Waals surface area contributed by atoms with Gasteiger partial charge in [-0.2, -0.15) is 0 Å². The van der Waals surface area contributed by atoms with Gasteiger partial charge in [-0.15, -0.1) is 0 Å². The Morgan fingerprint density at radius 1 is 1.12 bits per heavy atom.